The molecule has 0 saturated carbocycles. The van der Waals surface area contributed by atoms with E-state index in [0.29, 0.717) is 26.1 Å². The number of aryl methyl sites for hydroxylation is 1. The van der Waals surface area contributed by atoms with Gasteiger partial charge in [0, 0.05) is 31.7 Å². The Morgan fingerprint density at radius 3 is 2.85 bits per heavy atom. The van der Waals surface area contributed by atoms with Crippen molar-refractivity contribution in [3.05, 3.63) is 29.8 Å². The van der Waals surface area contributed by atoms with Crippen molar-refractivity contribution in [2.45, 2.75) is 51.7 Å². The number of nitrogens with one attached hydrogen (secondary N) is 1. The van der Waals surface area contributed by atoms with Crippen LogP contribution in [0, 0.1) is 0 Å². The first-order valence-corrected chi connectivity index (χ1v) is 9.44. The van der Waals surface area contributed by atoms with Crippen LogP contribution in [0.4, 0.5) is 10.5 Å². The van der Waals surface area contributed by atoms with Gasteiger partial charge in [-0.15, -0.1) is 0 Å². The monoisotopic (exact) mass is 359 g/mol. The van der Waals surface area contributed by atoms with E-state index >= 15 is 0 Å². The highest BCUT2D eigenvalue weighted by Gasteiger charge is 2.33. The molecule has 6 heteroatoms. The van der Waals surface area contributed by atoms with Gasteiger partial charge in [0.15, 0.2) is 0 Å². The minimum Gasteiger partial charge on any atom is -0.369 e. The van der Waals surface area contributed by atoms with Crippen LogP contribution in [0.1, 0.15) is 39.2 Å². The van der Waals surface area contributed by atoms with Gasteiger partial charge in [-0.1, -0.05) is 18.2 Å². The van der Waals surface area contributed by atoms with Crippen molar-refractivity contribution in [1.29, 1.82) is 0 Å². The zero-order valence-corrected chi connectivity index (χ0v) is 16.0. The molecule has 1 N–H and O–H groups in total. The molecule has 1 aromatic carbocycles. The number of para-hydroxylation sites is 1. The Labute approximate surface area is 155 Å². The second kappa shape index (κ2) is 7.66. The van der Waals surface area contributed by atoms with Crippen molar-refractivity contribution >= 4 is 17.6 Å². The van der Waals surface area contributed by atoms with Crippen molar-refractivity contribution in [3.63, 3.8) is 0 Å². The maximum atomic E-state index is 12.6. The number of nitrogens with zero attached hydrogens (tertiary/aromatic N) is 2. The molecule has 3 rings (SSSR count). The SMILES string of the molecule is C[C@H]1CN(C(=O)NCCC(=O)N2CCCc3ccccc32)CC(C)(C)O1. The number of rotatable bonds is 3. The van der Waals surface area contributed by atoms with Crippen molar-refractivity contribution < 1.29 is 14.3 Å². The van der Waals surface area contributed by atoms with E-state index < -0.39 is 0 Å². The Bertz CT molecular complexity index is 674. The highest BCUT2D eigenvalue weighted by atomic mass is 16.5. The highest BCUT2D eigenvalue weighted by Crippen LogP contribution is 2.27. The molecular weight excluding hydrogens is 330 g/mol. The Morgan fingerprint density at radius 2 is 2.08 bits per heavy atom. The van der Waals surface area contributed by atoms with Crippen molar-refractivity contribution in [1.82, 2.24) is 10.2 Å². The Balaban J connectivity index is 1.51. The number of fused-ring (bicyclic) bond motifs is 1. The second-order valence-electron chi connectivity index (χ2n) is 7.83. The van der Waals surface area contributed by atoms with Crippen LogP contribution in [0.15, 0.2) is 24.3 Å². The number of anilines is 1. The minimum atomic E-state index is -0.345. The maximum absolute atomic E-state index is 12.6. The lowest BCUT2D eigenvalue weighted by Crippen LogP contribution is -2.56. The Morgan fingerprint density at radius 1 is 1.31 bits per heavy atom. The fourth-order valence-electron chi connectivity index (χ4n) is 3.92. The summed E-state index contributed by atoms with van der Waals surface area (Å²) in [6.07, 6.45) is 2.32. The zero-order chi connectivity index (χ0) is 18.7. The lowest BCUT2D eigenvalue weighted by molar-refractivity contribution is -0.119. The maximum Gasteiger partial charge on any atom is 0.317 e. The third-order valence-corrected chi connectivity index (χ3v) is 4.88. The third-order valence-electron chi connectivity index (χ3n) is 4.88. The number of hydrogen-bond donors (Lipinski definition) is 1. The van der Waals surface area contributed by atoms with Crippen molar-refractivity contribution in [2.75, 3.05) is 31.1 Å². The average Bonchev–Trinajstić information content (AvgIpc) is 2.59. The van der Waals surface area contributed by atoms with Crippen LogP contribution in [0.3, 0.4) is 0 Å². The number of carbonyl (C=O) groups excluding carboxylic acids is 2. The molecule has 0 spiro atoms. The van der Waals surface area contributed by atoms with E-state index in [4.69, 9.17) is 4.74 Å². The van der Waals surface area contributed by atoms with Crippen LogP contribution in [-0.4, -0.2) is 54.7 Å². The number of hydrogen-bond acceptors (Lipinski definition) is 3. The van der Waals surface area contributed by atoms with Crippen LogP contribution in [0.25, 0.3) is 0 Å². The fraction of sp³-hybridized carbons (Fsp3) is 0.600. The summed E-state index contributed by atoms with van der Waals surface area (Å²) in [6, 6.07) is 7.94. The molecule has 26 heavy (non-hydrogen) atoms. The number of carbonyl (C=O) groups is 2. The molecule has 1 atom stereocenters. The number of benzene rings is 1. The molecule has 1 fully saturated rings. The summed E-state index contributed by atoms with van der Waals surface area (Å²) in [4.78, 5) is 28.7. The second-order valence-corrected chi connectivity index (χ2v) is 7.83. The molecule has 0 unspecified atom stereocenters. The molecule has 0 radical (unpaired) electrons. The topological polar surface area (TPSA) is 61.9 Å². The van der Waals surface area contributed by atoms with E-state index in [1.54, 1.807) is 4.90 Å². The van der Waals surface area contributed by atoms with Gasteiger partial charge in [-0.05, 0) is 45.2 Å². The third kappa shape index (κ3) is 4.36. The largest absolute Gasteiger partial charge is 0.369 e. The van der Waals surface area contributed by atoms with Gasteiger partial charge in [-0.3, -0.25) is 4.79 Å². The Hall–Kier alpha value is -2.08. The summed E-state index contributed by atoms with van der Waals surface area (Å²) in [5, 5.41) is 2.89. The molecular formula is C20H29N3O3. The van der Waals surface area contributed by atoms with E-state index in [1.807, 2.05) is 43.9 Å². The molecule has 0 bridgehead atoms. The van der Waals surface area contributed by atoms with E-state index in [-0.39, 0.29) is 23.6 Å². The summed E-state index contributed by atoms with van der Waals surface area (Å²) < 4.78 is 5.83. The van der Waals surface area contributed by atoms with Gasteiger partial charge < -0.3 is 19.9 Å². The van der Waals surface area contributed by atoms with E-state index in [9.17, 15) is 9.59 Å². The molecule has 1 saturated heterocycles. The van der Waals surface area contributed by atoms with Crippen LogP contribution >= 0.6 is 0 Å². The first-order chi connectivity index (χ1) is 12.4. The van der Waals surface area contributed by atoms with E-state index in [0.717, 1.165) is 25.1 Å². The molecule has 6 nitrogen and oxygen atoms in total. The first kappa shape index (κ1) is 18.7. The van der Waals surface area contributed by atoms with Gasteiger partial charge in [0.2, 0.25) is 5.91 Å². The summed E-state index contributed by atoms with van der Waals surface area (Å²) >= 11 is 0. The molecule has 1 aromatic rings. The predicted octanol–water partition coefficient (Wildman–Crippen LogP) is 2.56. The molecule has 3 amide bonds. The molecule has 2 aliphatic rings. The number of morpholine rings is 1. The quantitative estimate of drug-likeness (QED) is 0.902. The summed E-state index contributed by atoms with van der Waals surface area (Å²) in [5.41, 5.74) is 1.89. The number of urea groups is 1. The lowest BCUT2D eigenvalue weighted by atomic mass is 10.0. The van der Waals surface area contributed by atoms with Gasteiger partial charge in [0.1, 0.15) is 0 Å². The van der Waals surface area contributed by atoms with Gasteiger partial charge in [-0.25, -0.2) is 4.79 Å². The van der Waals surface area contributed by atoms with E-state index in [1.165, 1.54) is 5.56 Å². The van der Waals surface area contributed by atoms with Gasteiger partial charge in [0.05, 0.1) is 18.2 Å². The van der Waals surface area contributed by atoms with Crippen LogP contribution < -0.4 is 10.2 Å². The van der Waals surface area contributed by atoms with Crippen LogP contribution in [0.5, 0.6) is 0 Å². The number of amides is 3. The standard InChI is InChI=1S/C20H29N3O3/c1-15-13-22(14-20(2,3)26-15)19(25)21-11-10-18(24)23-12-6-8-16-7-4-5-9-17(16)23/h4-5,7,9,15H,6,8,10-14H2,1-3H3,(H,21,25)/t15-/m0/s1. The Kier molecular flexibility index (Phi) is 5.51. The van der Waals surface area contributed by atoms with E-state index in [2.05, 4.69) is 11.4 Å². The molecule has 142 valence electrons. The van der Waals surface area contributed by atoms with Crippen LogP contribution in [-0.2, 0) is 16.0 Å². The predicted molar refractivity (Wildman–Crippen MR) is 101 cm³/mol. The lowest BCUT2D eigenvalue weighted by Gasteiger charge is -2.41. The fourth-order valence-corrected chi connectivity index (χ4v) is 3.92. The molecule has 2 heterocycles. The molecule has 0 aromatic heterocycles. The minimum absolute atomic E-state index is 0.0102. The van der Waals surface area contributed by atoms with Crippen molar-refractivity contribution in [3.8, 4) is 0 Å². The smallest absolute Gasteiger partial charge is 0.317 e. The van der Waals surface area contributed by atoms with Gasteiger partial charge >= 0.3 is 6.03 Å². The first-order valence-electron chi connectivity index (χ1n) is 9.44. The van der Waals surface area contributed by atoms with Gasteiger partial charge in [-0.2, -0.15) is 0 Å². The summed E-state index contributed by atoms with van der Waals surface area (Å²) in [7, 11) is 0. The zero-order valence-electron chi connectivity index (χ0n) is 16.0. The van der Waals surface area contributed by atoms with Crippen molar-refractivity contribution in [2.24, 2.45) is 0 Å². The number of ether oxygens (including phenoxy) is 1. The molecule has 0 aliphatic carbocycles. The summed E-state index contributed by atoms with van der Waals surface area (Å²) in [5.74, 6) is 0.0631. The average molecular weight is 359 g/mol. The van der Waals surface area contributed by atoms with Gasteiger partial charge in [0.25, 0.3) is 0 Å². The highest BCUT2D eigenvalue weighted by molar-refractivity contribution is 5.94. The normalized spacial score (nSPS) is 21.9. The van der Waals surface area contributed by atoms with Crippen LogP contribution in [0.2, 0.25) is 0 Å². The molecule has 2 aliphatic heterocycles. The summed E-state index contributed by atoms with van der Waals surface area (Å²) in [6.45, 7) is 8.17.